The molecule has 2 heterocycles. The predicted octanol–water partition coefficient (Wildman–Crippen LogP) is 3.80. The first kappa shape index (κ1) is 20.7. The number of carbonyl (C=O) groups is 1. The number of aromatic nitrogens is 1. The second-order valence-electron chi connectivity index (χ2n) is 7.42. The Labute approximate surface area is 181 Å². The lowest BCUT2D eigenvalue weighted by molar-refractivity contribution is -0.678. The molecule has 0 spiro atoms. The summed E-state index contributed by atoms with van der Waals surface area (Å²) in [7, 11) is 0. The highest BCUT2D eigenvalue weighted by Gasteiger charge is 2.24. The summed E-state index contributed by atoms with van der Waals surface area (Å²) < 4.78 is 14.2. The van der Waals surface area contributed by atoms with Crippen LogP contribution in [0.2, 0.25) is 0 Å². The molecule has 1 aliphatic heterocycles. The molecule has 0 saturated carbocycles. The van der Waals surface area contributed by atoms with E-state index in [2.05, 4.69) is 22.5 Å². The number of unbranched alkanes of at least 4 members (excludes halogenated alkanes) is 2. The van der Waals surface area contributed by atoms with Gasteiger partial charge in [0.25, 0.3) is 5.52 Å². The summed E-state index contributed by atoms with van der Waals surface area (Å²) in [5.41, 5.74) is 2.92. The van der Waals surface area contributed by atoms with E-state index in [1.54, 1.807) is 0 Å². The van der Waals surface area contributed by atoms with E-state index in [1.807, 2.05) is 60.7 Å². The summed E-state index contributed by atoms with van der Waals surface area (Å²) in [4.78, 5) is 12.7. The minimum atomic E-state index is -0.990. The van der Waals surface area contributed by atoms with E-state index in [4.69, 9.17) is 9.15 Å². The number of hydrogen-bond donors (Lipinski definition) is 0. The van der Waals surface area contributed by atoms with Crippen molar-refractivity contribution in [1.29, 1.82) is 0 Å². The summed E-state index contributed by atoms with van der Waals surface area (Å²) in [6, 6.07) is 15.9. The summed E-state index contributed by atoms with van der Waals surface area (Å²) in [5.74, 6) is 1.40. The van der Waals surface area contributed by atoms with Gasteiger partial charge in [-0.25, -0.2) is 0 Å². The van der Waals surface area contributed by atoms with Crippen molar-refractivity contribution >= 4 is 28.8 Å². The van der Waals surface area contributed by atoms with E-state index in [-0.39, 0.29) is 6.42 Å². The fraction of sp³-hybridized carbons (Fsp3) is 0.280. The number of para-hydroxylation sites is 4. The van der Waals surface area contributed by atoms with Gasteiger partial charge < -0.3 is 24.0 Å². The summed E-state index contributed by atoms with van der Waals surface area (Å²) in [6.07, 6.45) is 8.24. The maximum Gasteiger partial charge on any atom is 0.374 e. The quantitative estimate of drug-likeness (QED) is 0.390. The van der Waals surface area contributed by atoms with Gasteiger partial charge in [0.2, 0.25) is 11.5 Å². The molecule has 6 nitrogen and oxygen atoms in total. The molecule has 0 aliphatic carbocycles. The molecule has 0 amide bonds. The predicted molar refractivity (Wildman–Crippen MR) is 117 cm³/mol. The molecule has 0 unspecified atom stereocenters. The lowest BCUT2D eigenvalue weighted by Gasteiger charge is -2.14. The monoisotopic (exact) mass is 418 g/mol. The molecule has 0 radical (unpaired) electrons. The van der Waals surface area contributed by atoms with E-state index in [1.165, 1.54) is 0 Å². The standard InChI is InChI=1S/C25H26N2O4/c1-2-26-19-11-5-7-13-21(19)30-23(26)15-10-16-24-27(18-9-3-4-17-25(28)29)20-12-6-8-14-22(20)31-24/h5-8,10-16H,2-4,9,17-18H2,1H3. The Morgan fingerprint density at radius 3 is 2.74 bits per heavy atom. The lowest BCUT2D eigenvalue weighted by atomic mass is 10.2. The van der Waals surface area contributed by atoms with Crippen molar-refractivity contribution in [2.45, 2.75) is 39.2 Å². The highest BCUT2D eigenvalue weighted by Crippen LogP contribution is 2.38. The maximum atomic E-state index is 10.6. The second-order valence-corrected chi connectivity index (χ2v) is 7.42. The van der Waals surface area contributed by atoms with Crippen molar-refractivity contribution < 1.29 is 23.6 Å². The van der Waals surface area contributed by atoms with Crippen LogP contribution in [0.3, 0.4) is 0 Å². The first-order valence-electron chi connectivity index (χ1n) is 10.7. The van der Waals surface area contributed by atoms with Crippen molar-refractivity contribution in [3.63, 3.8) is 0 Å². The van der Waals surface area contributed by atoms with E-state index < -0.39 is 5.97 Å². The van der Waals surface area contributed by atoms with Gasteiger partial charge in [-0.15, -0.1) is 0 Å². The molecular formula is C25H26N2O4. The molecule has 6 heteroatoms. The van der Waals surface area contributed by atoms with E-state index in [9.17, 15) is 9.90 Å². The molecule has 0 bridgehead atoms. The summed E-state index contributed by atoms with van der Waals surface area (Å²) >= 11 is 0. The minimum Gasteiger partial charge on any atom is -0.550 e. The van der Waals surface area contributed by atoms with E-state index >= 15 is 0 Å². The van der Waals surface area contributed by atoms with Gasteiger partial charge in [-0.2, -0.15) is 4.57 Å². The van der Waals surface area contributed by atoms with Crippen molar-refractivity contribution in [3.05, 3.63) is 72.5 Å². The van der Waals surface area contributed by atoms with Gasteiger partial charge in [-0.05, 0) is 56.5 Å². The molecule has 1 aliphatic rings. The first-order valence-corrected chi connectivity index (χ1v) is 10.7. The van der Waals surface area contributed by atoms with Crippen LogP contribution in [0.15, 0.2) is 71.0 Å². The number of anilines is 1. The topological polar surface area (TPSA) is 69.6 Å². The number of aliphatic carboxylic acids is 1. The number of oxazole rings is 1. The number of carboxylic acids is 1. The molecule has 4 rings (SSSR count). The third-order valence-electron chi connectivity index (χ3n) is 5.33. The molecule has 160 valence electrons. The second kappa shape index (κ2) is 9.51. The van der Waals surface area contributed by atoms with Gasteiger partial charge >= 0.3 is 5.89 Å². The Morgan fingerprint density at radius 2 is 1.90 bits per heavy atom. The summed E-state index contributed by atoms with van der Waals surface area (Å²) in [6.45, 7) is 3.66. The van der Waals surface area contributed by atoms with Crippen LogP contribution >= 0.6 is 0 Å². The van der Waals surface area contributed by atoms with Crippen molar-refractivity contribution in [2.75, 3.05) is 11.4 Å². The van der Waals surface area contributed by atoms with Crippen molar-refractivity contribution in [3.8, 4) is 5.75 Å². The first-order chi connectivity index (χ1) is 15.2. The highest BCUT2D eigenvalue weighted by atomic mass is 16.5. The zero-order chi connectivity index (χ0) is 21.6. The number of fused-ring (bicyclic) bond motifs is 2. The summed E-state index contributed by atoms with van der Waals surface area (Å²) in [5, 5.41) is 10.6. The Balaban J connectivity index is 1.52. The average Bonchev–Trinajstić information content (AvgIpc) is 3.31. The van der Waals surface area contributed by atoms with Crippen LogP contribution in [-0.4, -0.2) is 12.5 Å². The molecule has 0 N–H and O–H groups in total. The Kier molecular flexibility index (Phi) is 6.36. The van der Waals surface area contributed by atoms with Gasteiger partial charge in [-0.1, -0.05) is 24.3 Å². The molecule has 0 fully saturated rings. The SMILES string of the molecule is CCN1C(=CC=Cc2oc3ccccc3[n+]2CCCCCC(=O)[O-])Oc2ccccc21. The van der Waals surface area contributed by atoms with Crippen LogP contribution in [0.25, 0.3) is 17.2 Å². The number of rotatable bonds is 9. The zero-order valence-electron chi connectivity index (χ0n) is 17.6. The van der Waals surface area contributed by atoms with E-state index in [0.717, 1.165) is 60.2 Å². The van der Waals surface area contributed by atoms with Crippen LogP contribution < -0.4 is 19.3 Å². The number of carbonyl (C=O) groups excluding carboxylic acids is 1. The number of benzene rings is 2. The number of nitrogens with zero attached hydrogens (tertiary/aromatic N) is 2. The van der Waals surface area contributed by atoms with Crippen LogP contribution in [0, 0.1) is 0 Å². The average molecular weight is 418 g/mol. The third-order valence-corrected chi connectivity index (χ3v) is 5.33. The Bertz CT molecular complexity index is 1130. The molecule has 0 saturated heterocycles. The largest absolute Gasteiger partial charge is 0.550 e. The number of carboxylic acid groups (broad SMARTS) is 1. The molecule has 3 aromatic rings. The number of ether oxygens (including phenoxy) is 1. The van der Waals surface area contributed by atoms with Crippen LogP contribution in [0.4, 0.5) is 5.69 Å². The van der Waals surface area contributed by atoms with Crippen molar-refractivity contribution in [2.24, 2.45) is 0 Å². The number of hydrogen-bond acceptors (Lipinski definition) is 5. The van der Waals surface area contributed by atoms with Crippen LogP contribution in [0.1, 0.15) is 38.5 Å². The van der Waals surface area contributed by atoms with Gasteiger partial charge in [-0.3, -0.25) is 0 Å². The third kappa shape index (κ3) is 4.63. The molecular weight excluding hydrogens is 392 g/mol. The molecule has 0 atom stereocenters. The molecule has 31 heavy (non-hydrogen) atoms. The Hall–Kier alpha value is -3.54. The van der Waals surface area contributed by atoms with Crippen LogP contribution in [0.5, 0.6) is 5.75 Å². The maximum absolute atomic E-state index is 10.6. The Morgan fingerprint density at radius 1 is 1.10 bits per heavy atom. The lowest BCUT2D eigenvalue weighted by Crippen LogP contribution is -2.35. The fourth-order valence-corrected chi connectivity index (χ4v) is 3.84. The highest BCUT2D eigenvalue weighted by molar-refractivity contribution is 5.70. The van der Waals surface area contributed by atoms with E-state index in [0.29, 0.717) is 6.42 Å². The van der Waals surface area contributed by atoms with Gasteiger partial charge in [0.15, 0.2) is 12.3 Å². The smallest absolute Gasteiger partial charge is 0.374 e. The zero-order valence-corrected chi connectivity index (χ0v) is 17.6. The van der Waals surface area contributed by atoms with Gasteiger partial charge in [0, 0.05) is 25.0 Å². The van der Waals surface area contributed by atoms with Gasteiger partial charge in [0.05, 0.1) is 11.8 Å². The van der Waals surface area contributed by atoms with Crippen LogP contribution in [-0.2, 0) is 11.3 Å². The van der Waals surface area contributed by atoms with Crippen molar-refractivity contribution in [1.82, 2.24) is 0 Å². The number of allylic oxidation sites excluding steroid dienone is 2. The van der Waals surface area contributed by atoms with Gasteiger partial charge in [0.1, 0.15) is 0 Å². The normalized spacial score (nSPS) is 14.5. The molecule has 1 aromatic heterocycles. The molecule has 2 aromatic carbocycles. The number of aryl methyl sites for hydroxylation is 1. The fourth-order valence-electron chi connectivity index (χ4n) is 3.84. The minimum absolute atomic E-state index is 0.105.